The monoisotopic (exact) mass is 322 g/mol. The fourth-order valence-corrected chi connectivity index (χ4v) is 4.24. The van der Waals surface area contributed by atoms with E-state index in [1.807, 2.05) is 20.8 Å². The molecule has 0 amide bonds. The maximum Gasteiger partial charge on any atom is 0.301 e. The Kier molecular flexibility index (Phi) is 6.07. The second-order valence-electron chi connectivity index (χ2n) is 5.66. The number of allylic oxidation sites excluding steroid dienone is 3. The first kappa shape index (κ1) is 17.8. The van der Waals surface area contributed by atoms with Gasteiger partial charge in [-0.3, -0.25) is 4.99 Å². The van der Waals surface area contributed by atoms with Crippen molar-refractivity contribution in [1.82, 2.24) is 0 Å². The first-order valence-electron chi connectivity index (χ1n) is 6.51. The predicted octanol–water partition coefficient (Wildman–Crippen LogP) is 4.78. The van der Waals surface area contributed by atoms with Crippen LogP contribution in [0, 0.1) is 5.41 Å². The van der Waals surface area contributed by atoms with Gasteiger partial charge in [0.1, 0.15) is 7.11 Å². The van der Waals surface area contributed by atoms with Crippen molar-refractivity contribution in [1.29, 1.82) is 0 Å². The fraction of sp³-hybridized carbons (Fsp3) is 0.571. The van der Waals surface area contributed by atoms with Crippen LogP contribution in [0.5, 0.6) is 0 Å². The molecule has 1 rings (SSSR count). The van der Waals surface area contributed by atoms with Crippen LogP contribution in [0.25, 0.3) is 0 Å². The highest BCUT2D eigenvalue weighted by atomic mass is 32.2. The number of thiol groups is 1. The molecule has 0 spiro atoms. The maximum absolute atomic E-state index is 13.0. The van der Waals surface area contributed by atoms with Crippen LogP contribution in [-0.4, -0.2) is 24.1 Å². The molecule has 1 aliphatic rings. The number of oxime groups is 1. The third kappa shape index (κ3) is 4.62. The average molecular weight is 322 g/mol. The number of hydrogen-bond acceptors (Lipinski definition) is 3. The molecule has 0 aromatic rings. The maximum atomic E-state index is 13.0. The summed E-state index contributed by atoms with van der Waals surface area (Å²) >= 11 is 0. The number of nitrogens with zero attached hydrogens (tertiary/aromatic N) is 2. The number of hydrogen-bond donors (Lipinski definition) is 1. The molecule has 0 radical (unpaired) electrons. The molecule has 0 saturated heterocycles. The van der Waals surface area contributed by atoms with Crippen LogP contribution in [0.3, 0.4) is 0 Å². The molecule has 0 aliphatic carbocycles. The summed E-state index contributed by atoms with van der Waals surface area (Å²) in [4.78, 5) is 10.1. The lowest BCUT2D eigenvalue weighted by atomic mass is 9.91. The fourth-order valence-electron chi connectivity index (χ4n) is 1.97. The summed E-state index contributed by atoms with van der Waals surface area (Å²) in [6.45, 7) is 7.83. The quantitative estimate of drug-likeness (QED) is 0.441. The molecule has 0 fully saturated rings. The van der Waals surface area contributed by atoms with Crippen LogP contribution in [-0.2, 0) is 4.84 Å². The topological polar surface area (TPSA) is 34.0 Å². The Morgan fingerprint density at radius 3 is 2.43 bits per heavy atom. The van der Waals surface area contributed by atoms with Crippen LogP contribution in [0.1, 0.15) is 34.1 Å². The van der Waals surface area contributed by atoms with E-state index in [0.717, 1.165) is 10.6 Å². The van der Waals surface area contributed by atoms with Crippen molar-refractivity contribution in [2.24, 2.45) is 15.6 Å². The molecule has 7 heteroatoms. The molecule has 0 aromatic carbocycles. The first-order chi connectivity index (χ1) is 9.68. The summed E-state index contributed by atoms with van der Waals surface area (Å²) in [5.41, 5.74) is 3.06. The van der Waals surface area contributed by atoms with Crippen LogP contribution >= 0.6 is 10.9 Å². The largest absolute Gasteiger partial charge is 0.399 e. The van der Waals surface area contributed by atoms with Gasteiger partial charge in [0.05, 0.1) is 11.4 Å². The van der Waals surface area contributed by atoms with Crippen LogP contribution in [0.2, 0.25) is 0 Å². The molecule has 1 heterocycles. The summed E-state index contributed by atoms with van der Waals surface area (Å²) in [6, 6.07) is 0. The van der Waals surface area contributed by atoms with E-state index in [2.05, 4.69) is 10.1 Å². The summed E-state index contributed by atoms with van der Waals surface area (Å²) in [5, 5.41) is 3.92. The van der Waals surface area contributed by atoms with Crippen LogP contribution < -0.4 is 0 Å². The molecule has 0 N–H and O–H groups in total. The van der Waals surface area contributed by atoms with E-state index in [1.165, 1.54) is 7.11 Å². The van der Waals surface area contributed by atoms with Crippen molar-refractivity contribution in [3.05, 3.63) is 22.5 Å². The highest BCUT2D eigenvalue weighted by Gasteiger charge is 2.29. The molecule has 0 saturated carbocycles. The summed E-state index contributed by atoms with van der Waals surface area (Å²) in [6.07, 6.45) is -2.54. The minimum atomic E-state index is -2.25. The number of rotatable bonds is 5. The van der Waals surface area contributed by atoms with E-state index >= 15 is 0 Å². The van der Waals surface area contributed by atoms with E-state index < -0.39 is 22.8 Å². The van der Waals surface area contributed by atoms with Gasteiger partial charge in [0.25, 0.3) is 0 Å². The van der Waals surface area contributed by atoms with Gasteiger partial charge in [-0.1, -0.05) is 25.9 Å². The van der Waals surface area contributed by atoms with Gasteiger partial charge in [-0.2, -0.15) is 19.7 Å². The highest BCUT2D eigenvalue weighted by molar-refractivity contribution is 8.32. The summed E-state index contributed by atoms with van der Waals surface area (Å²) in [5.74, 6) is -1.07. The third-order valence-electron chi connectivity index (χ3n) is 2.90. The molecule has 1 atom stereocenters. The Balaban J connectivity index is 3.06. The normalized spacial score (nSPS) is 21.0. The SMILES string of the molecule is CO/N=C(\C)C1=C(C(C)(C)C)N=C[SH]1CCC(F)=C(F)F. The molecular formula is C14H21F3N2OS. The zero-order valence-corrected chi connectivity index (χ0v) is 13.8. The minimum Gasteiger partial charge on any atom is -0.399 e. The summed E-state index contributed by atoms with van der Waals surface area (Å²) < 4.78 is 37.3. The van der Waals surface area contributed by atoms with Crippen LogP contribution in [0.15, 0.2) is 32.7 Å². The van der Waals surface area contributed by atoms with Gasteiger partial charge in [0, 0.05) is 22.3 Å². The van der Waals surface area contributed by atoms with Gasteiger partial charge in [0.2, 0.25) is 0 Å². The molecule has 0 bridgehead atoms. The lowest BCUT2D eigenvalue weighted by Crippen LogP contribution is -2.12. The van der Waals surface area contributed by atoms with E-state index in [0.29, 0.717) is 5.71 Å². The molecule has 1 aliphatic heterocycles. The van der Waals surface area contributed by atoms with Gasteiger partial charge >= 0.3 is 6.08 Å². The van der Waals surface area contributed by atoms with Crippen molar-refractivity contribution in [3.8, 4) is 0 Å². The molecule has 21 heavy (non-hydrogen) atoms. The van der Waals surface area contributed by atoms with Crippen molar-refractivity contribution in [2.45, 2.75) is 34.1 Å². The molecule has 1 unspecified atom stereocenters. The van der Waals surface area contributed by atoms with Crippen molar-refractivity contribution < 1.29 is 18.0 Å². The van der Waals surface area contributed by atoms with Crippen molar-refractivity contribution >= 4 is 22.2 Å². The zero-order valence-electron chi connectivity index (χ0n) is 12.9. The molecular weight excluding hydrogens is 301 g/mol. The molecule has 120 valence electrons. The minimum absolute atomic E-state index is 0.201. The van der Waals surface area contributed by atoms with Crippen LogP contribution in [0.4, 0.5) is 13.2 Å². The lowest BCUT2D eigenvalue weighted by Gasteiger charge is -2.23. The Bertz CT molecular complexity index is 515. The highest BCUT2D eigenvalue weighted by Crippen LogP contribution is 2.47. The van der Waals surface area contributed by atoms with Gasteiger partial charge in [-0.05, 0) is 12.7 Å². The number of halogens is 3. The zero-order chi connectivity index (χ0) is 16.2. The van der Waals surface area contributed by atoms with Gasteiger partial charge in [0.15, 0.2) is 5.83 Å². The average Bonchev–Trinajstić information content (AvgIpc) is 2.79. The Morgan fingerprint density at radius 1 is 1.33 bits per heavy atom. The summed E-state index contributed by atoms with van der Waals surface area (Å²) in [7, 11) is 0.494. The molecule has 3 nitrogen and oxygen atoms in total. The Morgan fingerprint density at radius 2 is 1.95 bits per heavy atom. The van der Waals surface area contributed by atoms with Crippen molar-refractivity contribution in [2.75, 3.05) is 12.9 Å². The predicted molar refractivity (Wildman–Crippen MR) is 83.9 cm³/mol. The van der Waals surface area contributed by atoms with Gasteiger partial charge in [-0.25, -0.2) is 4.39 Å². The van der Waals surface area contributed by atoms with E-state index in [-0.39, 0.29) is 17.6 Å². The first-order valence-corrected chi connectivity index (χ1v) is 8.11. The lowest BCUT2D eigenvalue weighted by molar-refractivity contribution is 0.213. The van der Waals surface area contributed by atoms with E-state index in [4.69, 9.17) is 4.84 Å². The standard InChI is InChI=1S/C14H21F3N2OS/c1-9(19-20-5)11-12(14(2,3)4)18-8-21(11)7-6-10(15)13(16)17/h8,21H,6-7H2,1-5H3/b19-9+. The van der Waals surface area contributed by atoms with Gasteiger partial charge in [-0.15, -0.1) is 0 Å². The third-order valence-corrected chi connectivity index (χ3v) is 5.11. The van der Waals surface area contributed by atoms with E-state index in [1.54, 1.807) is 12.5 Å². The Labute approximate surface area is 126 Å². The number of aliphatic imine (C=N–C) groups is 1. The smallest absolute Gasteiger partial charge is 0.301 e. The Hall–Kier alpha value is -1.24. The molecule has 0 aromatic heterocycles. The second-order valence-corrected chi connectivity index (χ2v) is 7.72. The second kappa shape index (κ2) is 7.15. The van der Waals surface area contributed by atoms with Crippen molar-refractivity contribution in [3.63, 3.8) is 0 Å². The van der Waals surface area contributed by atoms with Gasteiger partial charge < -0.3 is 4.84 Å². The van der Waals surface area contributed by atoms with E-state index in [9.17, 15) is 13.2 Å².